The van der Waals surface area contributed by atoms with Crippen LogP contribution in [0.15, 0.2) is 48.6 Å². The summed E-state index contributed by atoms with van der Waals surface area (Å²) in [4.78, 5) is 0. The van der Waals surface area contributed by atoms with E-state index in [4.69, 9.17) is 0 Å². The topological polar surface area (TPSA) is 0 Å². The predicted molar refractivity (Wildman–Crippen MR) is 163 cm³/mol. The Kier molecular flexibility index (Phi) is 21.7. The summed E-state index contributed by atoms with van der Waals surface area (Å²) in [7, 11) is -4.41. The zero-order valence-electron chi connectivity index (χ0n) is 23.8. The van der Waals surface area contributed by atoms with Crippen LogP contribution in [-0.4, -0.2) is 30.2 Å². The second kappa shape index (κ2) is 21.7. The maximum Gasteiger partial charge on any atom is 0.762 e. The van der Waals surface area contributed by atoms with Crippen LogP contribution in [0.5, 0.6) is 0 Å². The summed E-state index contributed by atoms with van der Waals surface area (Å²) in [6.07, 6.45) is 25.7. The molecule has 38 heavy (non-hydrogen) atoms. The van der Waals surface area contributed by atoms with Crippen molar-refractivity contribution in [1.82, 2.24) is 0 Å². The van der Waals surface area contributed by atoms with Gasteiger partial charge < -0.3 is 4.70 Å². The van der Waals surface area contributed by atoms with E-state index in [0.29, 0.717) is 0 Å². The molecule has 2 fully saturated rings. The fourth-order valence-electron chi connectivity index (χ4n) is 6.51. The van der Waals surface area contributed by atoms with Crippen LogP contribution >= 0.6 is 15.8 Å². The molecular weight excluding hydrogens is 612 g/mol. The Bertz CT molecular complexity index is 696. The van der Waals surface area contributed by atoms with Crippen LogP contribution in [0.4, 0.5) is 12.9 Å². The molecule has 1 aromatic carbocycles. The third kappa shape index (κ3) is 11.8. The van der Waals surface area contributed by atoms with Crippen molar-refractivity contribution in [2.24, 2.45) is 0 Å². The number of allylic oxidation sites excluding steroid dienone is 4. The Balaban J connectivity index is 0.000000818. The van der Waals surface area contributed by atoms with Crippen LogP contribution in [0, 0.1) is 0 Å². The third-order valence-corrected chi connectivity index (χ3v) is 17.0. The first-order valence-electron chi connectivity index (χ1n) is 14.5. The second-order valence-electron chi connectivity index (χ2n) is 10.4. The van der Waals surface area contributed by atoms with Crippen LogP contribution in [0.3, 0.4) is 0 Å². The SMILES string of the molecule is C1=C\CC/C=C\CC/1.CC[C@H]1CC[C@H](CC)[PH+]1c1ccccc1[PH+]1[C@@H](CC)CC[C@@H]1CC.FB(F)F.[F-].[Rh]. The molecule has 1 aromatic rings. The molecular formula is C30H50BF4P2Rh+. The number of hydrogen-bond acceptors (Lipinski definition) is 0. The smallest absolute Gasteiger partial charge is 0.762 e. The van der Waals surface area contributed by atoms with Gasteiger partial charge in [-0.3, -0.25) is 12.9 Å². The summed E-state index contributed by atoms with van der Waals surface area (Å²) in [6.45, 7) is 9.79. The van der Waals surface area contributed by atoms with Gasteiger partial charge in [0.1, 0.15) is 10.6 Å². The molecule has 0 aromatic heterocycles. The van der Waals surface area contributed by atoms with E-state index in [0.717, 1.165) is 22.6 Å². The van der Waals surface area contributed by atoms with Crippen LogP contribution < -0.4 is 15.3 Å². The monoisotopic (exact) mass is 662 g/mol. The number of hydrogen-bond donors (Lipinski definition) is 0. The zero-order chi connectivity index (χ0) is 26.3. The number of benzene rings is 1. The molecule has 0 spiro atoms. The first-order valence-corrected chi connectivity index (χ1v) is 17.8. The average Bonchev–Trinajstić information content (AvgIpc) is 3.47. The van der Waals surface area contributed by atoms with E-state index in [1.165, 1.54) is 77.0 Å². The van der Waals surface area contributed by atoms with Gasteiger partial charge >= 0.3 is 7.54 Å². The molecule has 2 saturated heterocycles. The fourth-order valence-corrected chi connectivity index (χ4v) is 15.5. The fraction of sp³-hybridized carbons (Fsp3) is 0.667. The summed E-state index contributed by atoms with van der Waals surface area (Å²) in [6, 6.07) is 9.87. The first kappa shape index (κ1) is 38.0. The van der Waals surface area contributed by atoms with Gasteiger partial charge in [-0.2, -0.15) is 0 Å². The molecule has 1 aliphatic carbocycles. The summed E-state index contributed by atoms with van der Waals surface area (Å²) in [5.74, 6) is 0. The average molecular weight is 662 g/mol. The van der Waals surface area contributed by atoms with Crippen molar-refractivity contribution in [2.45, 2.75) is 127 Å². The molecule has 2 aliphatic heterocycles. The molecule has 0 unspecified atom stereocenters. The molecule has 0 N–H and O–H groups in total. The molecule has 1 radical (unpaired) electrons. The number of halogens is 4. The minimum absolute atomic E-state index is 0. The molecule has 219 valence electrons. The van der Waals surface area contributed by atoms with E-state index in [2.05, 4.69) is 76.3 Å². The van der Waals surface area contributed by atoms with Gasteiger partial charge in [-0.15, -0.1) is 0 Å². The van der Waals surface area contributed by atoms with Crippen LogP contribution in [-0.2, 0) is 19.5 Å². The Hall–Kier alpha value is -0.0317. The van der Waals surface area contributed by atoms with E-state index >= 15 is 0 Å². The van der Waals surface area contributed by atoms with Gasteiger partial charge in [-0.05, 0) is 89.2 Å². The Morgan fingerprint density at radius 3 is 1.05 bits per heavy atom. The third-order valence-electron chi connectivity index (χ3n) is 8.34. The molecule has 4 rings (SSSR count). The maximum absolute atomic E-state index is 9.67. The van der Waals surface area contributed by atoms with E-state index in [1.54, 1.807) is 0 Å². The summed E-state index contributed by atoms with van der Waals surface area (Å²) < 4.78 is 29.0. The van der Waals surface area contributed by atoms with Crippen molar-refractivity contribution in [3.63, 3.8) is 0 Å². The van der Waals surface area contributed by atoms with Gasteiger partial charge in [0.25, 0.3) is 0 Å². The van der Waals surface area contributed by atoms with Gasteiger partial charge in [-0.1, -0.05) is 64.1 Å². The van der Waals surface area contributed by atoms with E-state index < -0.39 is 7.54 Å². The predicted octanol–water partition coefficient (Wildman–Crippen LogP) is 6.62. The van der Waals surface area contributed by atoms with Gasteiger partial charge in [0.2, 0.25) is 0 Å². The van der Waals surface area contributed by atoms with E-state index in [-0.39, 0.29) is 40.0 Å². The normalized spacial score (nSPS) is 26.7. The van der Waals surface area contributed by atoms with Crippen molar-refractivity contribution in [2.75, 3.05) is 0 Å². The summed E-state index contributed by atoms with van der Waals surface area (Å²) in [5.41, 5.74) is 4.13. The Labute approximate surface area is 246 Å². The van der Waals surface area contributed by atoms with Crippen molar-refractivity contribution in [3.8, 4) is 0 Å². The minimum atomic E-state index is -3.67. The van der Waals surface area contributed by atoms with Gasteiger partial charge in [-0.25, -0.2) is 0 Å². The van der Waals surface area contributed by atoms with E-state index in [9.17, 15) is 12.9 Å². The minimum Gasteiger partial charge on any atom is -1.00 e. The maximum atomic E-state index is 9.67. The van der Waals surface area contributed by atoms with E-state index in [1.807, 2.05) is 10.6 Å². The summed E-state index contributed by atoms with van der Waals surface area (Å²) >= 11 is 0. The zero-order valence-corrected chi connectivity index (χ0v) is 27.5. The molecule has 4 atom stereocenters. The Morgan fingerprint density at radius 1 is 0.605 bits per heavy atom. The molecule has 0 nitrogen and oxygen atoms in total. The number of rotatable bonds is 6. The largest absolute Gasteiger partial charge is 1.00 e. The van der Waals surface area contributed by atoms with Crippen molar-refractivity contribution in [1.29, 1.82) is 0 Å². The Morgan fingerprint density at radius 2 is 0.842 bits per heavy atom. The van der Waals surface area contributed by atoms with Crippen molar-refractivity contribution in [3.05, 3.63) is 48.6 Å². The second-order valence-corrected chi connectivity index (χ2v) is 16.5. The molecule has 0 saturated carbocycles. The standard InChI is InChI=1S/C22H36P2.C8H12.BF3.FH.Rh/c1-5-17-13-14-18(6-2)23(17)21-11-9-10-12-22(21)24-19(7-3)15-16-20(24)8-4;1-2-4-6-8-7-5-3-1;2-1(3)4;;/h9-12,17-20H,5-8,13-16H2,1-4H3;1-2,7-8H,3-6H2;;1H;/p+1/b;2-1-,8-7-;;;/t17-,18-,19-,20-;;;;/m0..../s1. The molecule has 0 amide bonds. The first-order chi connectivity index (χ1) is 17.5. The van der Waals surface area contributed by atoms with Crippen molar-refractivity contribution < 1.29 is 37.1 Å². The van der Waals surface area contributed by atoms with Crippen molar-refractivity contribution >= 4 is 34.0 Å². The van der Waals surface area contributed by atoms with Gasteiger partial charge in [0.15, 0.2) is 0 Å². The quantitative estimate of drug-likeness (QED) is 0.139. The van der Waals surface area contributed by atoms with Gasteiger partial charge in [0.05, 0.1) is 22.6 Å². The molecule has 3 aliphatic rings. The van der Waals surface area contributed by atoms with Crippen LogP contribution in [0.2, 0.25) is 0 Å². The van der Waals surface area contributed by atoms with Crippen LogP contribution in [0.25, 0.3) is 0 Å². The summed E-state index contributed by atoms with van der Waals surface area (Å²) in [5, 5.41) is 3.79. The van der Waals surface area contributed by atoms with Crippen LogP contribution in [0.1, 0.15) is 105 Å². The molecule has 0 bridgehead atoms. The molecule has 8 heteroatoms. The van der Waals surface area contributed by atoms with Gasteiger partial charge in [0, 0.05) is 35.3 Å². The molecule has 2 heterocycles.